The van der Waals surface area contributed by atoms with Crippen LogP contribution < -0.4 is 5.73 Å². The van der Waals surface area contributed by atoms with Crippen molar-refractivity contribution in [3.63, 3.8) is 0 Å². The van der Waals surface area contributed by atoms with Gasteiger partial charge in [-0.1, -0.05) is 152 Å². The van der Waals surface area contributed by atoms with E-state index in [0.717, 1.165) is 77.0 Å². The van der Waals surface area contributed by atoms with Crippen LogP contribution in [0.3, 0.4) is 0 Å². The summed E-state index contributed by atoms with van der Waals surface area (Å²) in [4.78, 5) is 46.0. The van der Waals surface area contributed by atoms with E-state index in [9.17, 15) is 28.9 Å². The lowest BCUT2D eigenvalue weighted by Gasteiger charge is -2.20. The van der Waals surface area contributed by atoms with Crippen LogP contribution in [-0.4, -0.2) is 71.1 Å². The molecule has 0 aliphatic carbocycles. The highest BCUT2D eigenvalue weighted by Crippen LogP contribution is 2.43. The van der Waals surface area contributed by atoms with Crippen LogP contribution in [0.25, 0.3) is 0 Å². The summed E-state index contributed by atoms with van der Waals surface area (Å²) in [6.45, 7) is 2.53. The third-order valence-electron chi connectivity index (χ3n) is 9.33. The van der Waals surface area contributed by atoms with Gasteiger partial charge >= 0.3 is 25.7 Å². The van der Waals surface area contributed by atoms with Gasteiger partial charge in [-0.25, -0.2) is 4.57 Å². The number of nitrogens with two attached hydrogens (primary N) is 1. The summed E-state index contributed by atoms with van der Waals surface area (Å²) in [5, 5.41) is 18.8. The lowest BCUT2D eigenvalue weighted by Crippen LogP contribution is -2.34. The van der Waals surface area contributed by atoms with Crippen molar-refractivity contribution in [3.8, 4) is 0 Å². The number of aliphatic hydroxyl groups is 1. The number of ether oxygens (including phenoxy) is 2. The molecule has 4 atom stereocenters. The predicted molar refractivity (Wildman–Crippen MR) is 237 cm³/mol. The van der Waals surface area contributed by atoms with Crippen molar-refractivity contribution in [1.82, 2.24) is 0 Å². The molecule has 0 aromatic carbocycles. The second-order valence-electron chi connectivity index (χ2n) is 15.0. The fourth-order valence-corrected chi connectivity index (χ4v) is 6.56. The maximum absolute atomic E-state index is 12.6. The van der Waals surface area contributed by atoms with Crippen molar-refractivity contribution in [2.75, 3.05) is 19.8 Å². The number of aliphatic hydroxyl groups excluding tert-OH is 1. The second-order valence-corrected chi connectivity index (χ2v) is 16.5. The van der Waals surface area contributed by atoms with E-state index in [1.165, 1.54) is 51.4 Å². The zero-order chi connectivity index (χ0) is 43.7. The monoisotopic (exact) mass is 854 g/mol. The first kappa shape index (κ1) is 56.1. The standard InChI is InChI=1S/C46H80NO11P/c1-3-5-7-8-9-10-11-12-13-14-15-16-17-18-19-22-26-29-33-37-45(50)58-42(39-56-59(53,54)57-40-43(47)46(51)52)38-55-44(49)36-32-28-25-23-20-21-24-27-31-35-41(48)34-30-6-4-2/h6,9-10,12-13,24,27,30-31,35,41-43,48H,3-5,7-8,11,14-23,25-26,28-29,32-34,36-40,47H2,1-2H3,(H,51,52)(H,53,54)/b10-9-,13-12-,27-24+,30-6+,35-31+/t41?,42-,43+/m1/s1. The molecule has 0 amide bonds. The quantitative estimate of drug-likeness (QED) is 0.0150. The van der Waals surface area contributed by atoms with Crippen molar-refractivity contribution in [3.05, 3.63) is 60.8 Å². The van der Waals surface area contributed by atoms with Crippen LogP contribution >= 0.6 is 7.82 Å². The molecule has 0 fully saturated rings. The van der Waals surface area contributed by atoms with Crippen molar-refractivity contribution in [2.24, 2.45) is 5.73 Å². The molecule has 12 nitrogen and oxygen atoms in total. The molecule has 0 aliphatic heterocycles. The van der Waals surface area contributed by atoms with Crippen LogP contribution in [0, 0.1) is 0 Å². The molecule has 0 saturated carbocycles. The van der Waals surface area contributed by atoms with Crippen molar-refractivity contribution >= 4 is 25.7 Å². The number of carbonyl (C=O) groups is 3. The molecule has 2 unspecified atom stereocenters. The third-order valence-corrected chi connectivity index (χ3v) is 10.3. The van der Waals surface area contributed by atoms with Gasteiger partial charge in [0.1, 0.15) is 12.6 Å². The molecule has 0 saturated heterocycles. The summed E-state index contributed by atoms with van der Waals surface area (Å²) in [6.07, 6.45) is 43.2. The summed E-state index contributed by atoms with van der Waals surface area (Å²) < 4.78 is 32.7. The molecular formula is C46H80NO11P. The van der Waals surface area contributed by atoms with E-state index >= 15 is 0 Å². The largest absolute Gasteiger partial charge is 0.480 e. The average Bonchev–Trinajstić information content (AvgIpc) is 3.20. The highest BCUT2D eigenvalue weighted by molar-refractivity contribution is 7.47. The van der Waals surface area contributed by atoms with Gasteiger partial charge in [0.05, 0.1) is 19.3 Å². The Balaban J connectivity index is 4.40. The van der Waals surface area contributed by atoms with Gasteiger partial charge in [0.25, 0.3) is 0 Å². The Morgan fingerprint density at radius 1 is 0.627 bits per heavy atom. The minimum Gasteiger partial charge on any atom is -0.480 e. The average molecular weight is 854 g/mol. The van der Waals surface area contributed by atoms with E-state index < -0.39 is 57.2 Å². The topological polar surface area (TPSA) is 192 Å². The van der Waals surface area contributed by atoms with Gasteiger partial charge in [-0.2, -0.15) is 0 Å². The molecule has 340 valence electrons. The Kier molecular flexibility index (Phi) is 38.6. The second kappa shape index (κ2) is 40.5. The Morgan fingerprint density at radius 3 is 1.73 bits per heavy atom. The molecule has 0 radical (unpaired) electrons. The fourth-order valence-electron chi connectivity index (χ4n) is 5.78. The summed E-state index contributed by atoms with van der Waals surface area (Å²) in [7, 11) is -4.74. The minimum absolute atomic E-state index is 0.139. The van der Waals surface area contributed by atoms with Gasteiger partial charge in [0.2, 0.25) is 0 Å². The SMILES string of the molecule is CC/C=C/CC(O)/C=C/C=C/CCCCCCCC(=O)OC[C@H](COP(=O)(O)OC[C@H](N)C(=O)O)OC(=O)CCCCCCCCCCC/C=C\C/C=C\CCCCC. The summed E-state index contributed by atoms with van der Waals surface area (Å²) >= 11 is 0. The van der Waals surface area contributed by atoms with Crippen LogP contribution in [0.15, 0.2) is 60.8 Å². The number of carboxylic acid groups (broad SMARTS) is 1. The van der Waals surface area contributed by atoms with Gasteiger partial charge < -0.3 is 30.3 Å². The van der Waals surface area contributed by atoms with Crippen LogP contribution in [-0.2, 0) is 37.5 Å². The maximum atomic E-state index is 12.6. The molecule has 0 bridgehead atoms. The summed E-state index contributed by atoms with van der Waals surface area (Å²) in [6, 6.07) is -1.54. The van der Waals surface area contributed by atoms with Crippen LogP contribution in [0.4, 0.5) is 0 Å². The number of phosphoric ester groups is 1. The van der Waals surface area contributed by atoms with E-state index in [-0.39, 0.29) is 19.4 Å². The zero-order valence-electron chi connectivity index (χ0n) is 36.4. The van der Waals surface area contributed by atoms with Crippen molar-refractivity contribution < 1.29 is 52.6 Å². The molecule has 0 aromatic heterocycles. The number of hydrogen-bond acceptors (Lipinski definition) is 10. The van der Waals surface area contributed by atoms with Crippen LogP contribution in [0.5, 0.6) is 0 Å². The highest BCUT2D eigenvalue weighted by Gasteiger charge is 2.28. The van der Waals surface area contributed by atoms with Crippen molar-refractivity contribution in [2.45, 2.75) is 193 Å². The fraction of sp³-hybridized carbons (Fsp3) is 0.717. The van der Waals surface area contributed by atoms with Gasteiger partial charge in [-0.05, 0) is 70.6 Å². The van der Waals surface area contributed by atoms with Gasteiger partial charge in [-0.3, -0.25) is 23.4 Å². The third kappa shape index (κ3) is 40.3. The highest BCUT2D eigenvalue weighted by atomic mass is 31.2. The number of carboxylic acids is 1. The molecule has 0 heterocycles. The molecule has 0 spiro atoms. The number of aliphatic carboxylic acids is 1. The first-order chi connectivity index (χ1) is 28.5. The zero-order valence-corrected chi connectivity index (χ0v) is 37.3. The van der Waals surface area contributed by atoms with Gasteiger partial charge in [0.15, 0.2) is 6.10 Å². The number of allylic oxidation sites excluding steroid dienone is 8. The Bertz CT molecular complexity index is 1250. The van der Waals surface area contributed by atoms with E-state index in [4.69, 9.17) is 24.8 Å². The lowest BCUT2D eigenvalue weighted by atomic mass is 10.1. The Hall–Kier alpha value is -2.86. The molecular weight excluding hydrogens is 773 g/mol. The molecule has 5 N–H and O–H groups in total. The number of esters is 2. The van der Waals surface area contributed by atoms with E-state index in [0.29, 0.717) is 19.3 Å². The number of carbonyl (C=O) groups excluding carboxylic acids is 2. The van der Waals surface area contributed by atoms with Gasteiger partial charge in [0, 0.05) is 12.8 Å². The minimum atomic E-state index is -4.74. The number of rotatable bonds is 41. The number of unbranched alkanes of at least 4 members (excludes halogenated alkanes) is 17. The van der Waals surface area contributed by atoms with E-state index in [2.05, 4.69) is 48.8 Å². The van der Waals surface area contributed by atoms with E-state index in [1.54, 1.807) is 6.08 Å². The van der Waals surface area contributed by atoms with Crippen LogP contribution in [0.1, 0.15) is 174 Å². The molecule has 0 rings (SSSR count). The lowest BCUT2D eigenvalue weighted by molar-refractivity contribution is -0.161. The Morgan fingerprint density at radius 2 is 1.15 bits per heavy atom. The molecule has 59 heavy (non-hydrogen) atoms. The first-order valence-corrected chi connectivity index (χ1v) is 23.9. The van der Waals surface area contributed by atoms with Crippen molar-refractivity contribution in [1.29, 1.82) is 0 Å². The predicted octanol–water partition coefficient (Wildman–Crippen LogP) is 10.9. The first-order valence-electron chi connectivity index (χ1n) is 22.4. The molecule has 0 aliphatic rings. The molecule has 0 aromatic rings. The smallest absolute Gasteiger partial charge is 0.472 e. The maximum Gasteiger partial charge on any atom is 0.472 e. The number of phosphoric acid groups is 1. The van der Waals surface area contributed by atoms with E-state index in [1.807, 2.05) is 24.3 Å². The summed E-state index contributed by atoms with van der Waals surface area (Å²) in [5.74, 6) is -2.45. The van der Waals surface area contributed by atoms with Crippen LogP contribution in [0.2, 0.25) is 0 Å². The number of hydrogen-bond donors (Lipinski definition) is 4. The normalized spacial score (nSPS) is 14.8. The van der Waals surface area contributed by atoms with Gasteiger partial charge in [-0.15, -0.1) is 0 Å². The Labute approximate surface area is 356 Å². The molecule has 13 heteroatoms. The summed E-state index contributed by atoms with van der Waals surface area (Å²) in [5.41, 5.74) is 5.33.